The lowest BCUT2D eigenvalue weighted by Gasteiger charge is -2.09. The molecule has 0 radical (unpaired) electrons. The molecule has 0 unspecified atom stereocenters. The summed E-state index contributed by atoms with van der Waals surface area (Å²) >= 11 is 0. The van der Waals surface area contributed by atoms with Crippen molar-refractivity contribution in [3.05, 3.63) is 53.2 Å². The van der Waals surface area contributed by atoms with E-state index in [1.54, 1.807) is 6.20 Å². The molecule has 0 spiro atoms. The number of guanidine groups is 1. The van der Waals surface area contributed by atoms with Crippen molar-refractivity contribution in [3.8, 4) is 11.6 Å². The molecule has 24 heavy (non-hydrogen) atoms. The summed E-state index contributed by atoms with van der Waals surface area (Å²) in [4.78, 5) is 8.60. The molecule has 0 aliphatic carbocycles. The highest BCUT2D eigenvalue weighted by Gasteiger charge is 2.03. The third-order valence-electron chi connectivity index (χ3n) is 3.62. The van der Waals surface area contributed by atoms with E-state index in [0.717, 1.165) is 17.9 Å². The van der Waals surface area contributed by atoms with Crippen LogP contribution in [-0.2, 0) is 6.54 Å². The Morgan fingerprint density at radius 2 is 2.00 bits per heavy atom. The summed E-state index contributed by atoms with van der Waals surface area (Å²) in [6, 6.07) is 9.79. The molecule has 2 rings (SSSR count). The minimum atomic E-state index is 0.456. The summed E-state index contributed by atoms with van der Waals surface area (Å²) < 4.78 is 5.83. The van der Waals surface area contributed by atoms with Crippen LogP contribution in [0.3, 0.4) is 0 Å². The molecule has 1 aromatic carbocycles. The van der Waals surface area contributed by atoms with Gasteiger partial charge in [0.05, 0.1) is 6.54 Å². The maximum absolute atomic E-state index is 5.85. The Labute approximate surface area is 144 Å². The van der Waals surface area contributed by atoms with Crippen molar-refractivity contribution in [2.75, 3.05) is 6.54 Å². The number of aliphatic imine (C=N–C) groups is 1. The van der Waals surface area contributed by atoms with Gasteiger partial charge in [0, 0.05) is 18.8 Å². The molecule has 128 valence electrons. The van der Waals surface area contributed by atoms with Crippen molar-refractivity contribution in [2.45, 2.75) is 34.2 Å². The van der Waals surface area contributed by atoms with E-state index >= 15 is 0 Å². The van der Waals surface area contributed by atoms with Crippen molar-refractivity contribution in [3.63, 3.8) is 0 Å². The van der Waals surface area contributed by atoms with Gasteiger partial charge in [-0.25, -0.2) is 9.98 Å². The fraction of sp³-hybridized carbons (Fsp3) is 0.368. The smallest absolute Gasteiger partial charge is 0.219 e. The topological polar surface area (TPSA) is 72.5 Å². The molecule has 0 aliphatic rings. The number of aromatic nitrogens is 1. The zero-order valence-electron chi connectivity index (χ0n) is 14.8. The van der Waals surface area contributed by atoms with Gasteiger partial charge in [-0.3, -0.25) is 0 Å². The van der Waals surface area contributed by atoms with E-state index in [2.05, 4.69) is 43.0 Å². The van der Waals surface area contributed by atoms with Crippen LogP contribution in [0, 0.1) is 19.8 Å². The summed E-state index contributed by atoms with van der Waals surface area (Å²) in [6.07, 6.45) is 1.72. The van der Waals surface area contributed by atoms with Gasteiger partial charge in [-0.1, -0.05) is 19.9 Å². The number of nitrogens with one attached hydrogen (secondary N) is 1. The fourth-order valence-corrected chi connectivity index (χ4v) is 2.04. The van der Waals surface area contributed by atoms with Crippen molar-refractivity contribution >= 4 is 5.96 Å². The molecule has 3 N–H and O–H groups in total. The minimum Gasteiger partial charge on any atom is -0.439 e. The van der Waals surface area contributed by atoms with E-state index in [9.17, 15) is 0 Å². The number of aryl methyl sites for hydroxylation is 2. The Balaban J connectivity index is 2.00. The zero-order valence-corrected chi connectivity index (χ0v) is 14.8. The normalized spacial score (nSPS) is 11.6. The second-order valence-electron chi connectivity index (χ2n) is 6.33. The zero-order chi connectivity index (χ0) is 17.5. The number of hydrogen-bond acceptors (Lipinski definition) is 3. The molecule has 0 aliphatic heterocycles. The van der Waals surface area contributed by atoms with Gasteiger partial charge in [0.1, 0.15) is 5.75 Å². The van der Waals surface area contributed by atoms with E-state index in [-0.39, 0.29) is 0 Å². The highest BCUT2D eigenvalue weighted by Crippen LogP contribution is 2.22. The lowest BCUT2D eigenvalue weighted by Crippen LogP contribution is -2.34. The van der Waals surface area contributed by atoms with Gasteiger partial charge in [0.25, 0.3) is 0 Å². The second-order valence-corrected chi connectivity index (χ2v) is 6.33. The molecule has 5 nitrogen and oxygen atoms in total. The molecule has 0 saturated carbocycles. The van der Waals surface area contributed by atoms with Crippen LogP contribution in [0.15, 0.2) is 41.5 Å². The summed E-state index contributed by atoms with van der Waals surface area (Å²) in [5.74, 6) is 2.32. The van der Waals surface area contributed by atoms with Crippen LogP contribution >= 0.6 is 0 Å². The summed E-state index contributed by atoms with van der Waals surface area (Å²) in [5, 5.41) is 3.10. The van der Waals surface area contributed by atoms with E-state index in [1.165, 1.54) is 11.1 Å². The van der Waals surface area contributed by atoms with Gasteiger partial charge in [-0.05, 0) is 54.7 Å². The van der Waals surface area contributed by atoms with Crippen molar-refractivity contribution in [1.82, 2.24) is 10.3 Å². The molecule has 1 aromatic heterocycles. The van der Waals surface area contributed by atoms with Gasteiger partial charge in [-0.2, -0.15) is 0 Å². The van der Waals surface area contributed by atoms with Crippen LogP contribution in [0.4, 0.5) is 0 Å². The van der Waals surface area contributed by atoms with Gasteiger partial charge < -0.3 is 15.8 Å². The lowest BCUT2D eigenvalue weighted by molar-refractivity contribution is 0.461. The minimum absolute atomic E-state index is 0.456. The van der Waals surface area contributed by atoms with E-state index < -0.39 is 0 Å². The number of pyridine rings is 1. The molecule has 5 heteroatoms. The van der Waals surface area contributed by atoms with Crippen LogP contribution in [0.5, 0.6) is 11.6 Å². The molecule has 1 heterocycles. The number of rotatable bonds is 6. The summed E-state index contributed by atoms with van der Waals surface area (Å²) in [6.45, 7) is 9.69. The average molecular weight is 326 g/mol. The molecule has 0 atom stereocenters. The monoisotopic (exact) mass is 326 g/mol. The standard InChI is InChI=1S/C19H26N4O/c1-13(2)11-22-19(20)23-12-16-7-8-21-18(10-16)24-17-6-5-14(3)15(4)9-17/h5-10,13H,11-12H2,1-4H3,(H3,20,22,23). The van der Waals surface area contributed by atoms with E-state index in [4.69, 9.17) is 10.5 Å². The van der Waals surface area contributed by atoms with E-state index in [0.29, 0.717) is 24.3 Å². The van der Waals surface area contributed by atoms with Crippen LogP contribution in [0.2, 0.25) is 0 Å². The predicted octanol–water partition coefficient (Wildman–Crippen LogP) is 3.55. The number of nitrogens with zero attached hydrogens (tertiary/aromatic N) is 2. The fourth-order valence-electron chi connectivity index (χ4n) is 2.04. The van der Waals surface area contributed by atoms with Crippen LogP contribution in [-0.4, -0.2) is 17.5 Å². The summed E-state index contributed by atoms with van der Waals surface area (Å²) in [5.41, 5.74) is 9.28. The quantitative estimate of drug-likeness (QED) is 0.629. The average Bonchev–Trinajstić information content (AvgIpc) is 2.55. The maximum Gasteiger partial charge on any atom is 0.219 e. The third kappa shape index (κ3) is 5.57. The first-order valence-corrected chi connectivity index (χ1v) is 8.18. The van der Waals surface area contributed by atoms with Crippen LogP contribution in [0.1, 0.15) is 30.5 Å². The third-order valence-corrected chi connectivity index (χ3v) is 3.62. The Morgan fingerprint density at radius 1 is 1.21 bits per heavy atom. The highest BCUT2D eigenvalue weighted by atomic mass is 16.5. The number of ether oxygens (including phenoxy) is 1. The van der Waals surface area contributed by atoms with E-state index in [1.807, 2.05) is 30.3 Å². The molecule has 0 amide bonds. The SMILES string of the molecule is Cc1ccc(Oc2cc(CN=C(N)NCC(C)C)ccn2)cc1C. The van der Waals surface area contributed by atoms with Crippen LogP contribution < -0.4 is 15.8 Å². The van der Waals surface area contributed by atoms with Crippen molar-refractivity contribution in [2.24, 2.45) is 16.6 Å². The Morgan fingerprint density at radius 3 is 2.71 bits per heavy atom. The predicted molar refractivity (Wildman–Crippen MR) is 98.4 cm³/mol. The molecule has 0 bridgehead atoms. The Kier molecular flexibility index (Phi) is 6.18. The van der Waals surface area contributed by atoms with Gasteiger partial charge >= 0.3 is 0 Å². The Bertz CT molecular complexity index is 710. The first kappa shape index (κ1) is 17.8. The van der Waals surface area contributed by atoms with Gasteiger partial charge in [0.15, 0.2) is 5.96 Å². The molecule has 0 fully saturated rings. The number of nitrogens with two attached hydrogens (primary N) is 1. The van der Waals surface area contributed by atoms with Gasteiger partial charge in [0.2, 0.25) is 5.88 Å². The molecular weight excluding hydrogens is 300 g/mol. The van der Waals surface area contributed by atoms with Crippen molar-refractivity contribution in [1.29, 1.82) is 0 Å². The second kappa shape index (κ2) is 8.34. The first-order valence-electron chi connectivity index (χ1n) is 8.18. The largest absolute Gasteiger partial charge is 0.439 e. The van der Waals surface area contributed by atoms with Gasteiger partial charge in [-0.15, -0.1) is 0 Å². The number of hydrogen-bond donors (Lipinski definition) is 2. The van der Waals surface area contributed by atoms with Crippen molar-refractivity contribution < 1.29 is 4.74 Å². The summed E-state index contributed by atoms with van der Waals surface area (Å²) in [7, 11) is 0. The highest BCUT2D eigenvalue weighted by molar-refractivity contribution is 5.77. The first-order chi connectivity index (χ1) is 11.4. The maximum atomic E-state index is 5.85. The molecule has 0 saturated heterocycles. The lowest BCUT2D eigenvalue weighted by atomic mass is 10.1. The number of benzene rings is 1. The Hall–Kier alpha value is -2.56. The van der Waals surface area contributed by atoms with Crippen LogP contribution in [0.25, 0.3) is 0 Å². The molecule has 2 aromatic rings. The molecular formula is C19H26N4O.